The van der Waals surface area contributed by atoms with E-state index in [0.29, 0.717) is 32.7 Å². The Morgan fingerprint density at radius 2 is 2.07 bits per heavy atom. The number of fused-ring (bicyclic) bond motifs is 1. The normalized spacial score (nSPS) is 25.7. The average molecular weight is 390 g/mol. The molecule has 28 heavy (non-hydrogen) atoms. The standard InChI is InChI=1S/C22H32FN3O2/c1-22(2,3)16-10-15-4-7-26(21(27)25-8-5-17(23)12-25)13-19(15)18(11-16)20-14-28-9-6-24-20/h10-11,17,20,24H,4-9,12-14H2,1-3H3/t17-,20-/m0/s1. The largest absolute Gasteiger partial charge is 0.378 e. The summed E-state index contributed by atoms with van der Waals surface area (Å²) in [6, 6.07) is 4.75. The molecule has 2 fully saturated rings. The van der Waals surface area contributed by atoms with Gasteiger partial charge in [-0.2, -0.15) is 0 Å². The van der Waals surface area contributed by atoms with Crippen molar-refractivity contribution in [3.8, 4) is 0 Å². The number of carbonyl (C=O) groups excluding carboxylic acids is 1. The van der Waals surface area contributed by atoms with Crippen molar-refractivity contribution < 1.29 is 13.9 Å². The number of urea groups is 1. The van der Waals surface area contributed by atoms with E-state index in [1.807, 2.05) is 4.90 Å². The van der Waals surface area contributed by atoms with Crippen molar-refractivity contribution in [2.45, 2.75) is 57.8 Å². The zero-order valence-corrected chi connectivity index (χ0v) is 17.3. The second-order valence-corrected chi connectivity index (χ2v) is 9.32. The second-order valence-electron chi connectivity index (χ2n) is 9.32. The summed E-state index contributed by atoms with van der Waals surface area (Å²) >= 11 is 0. The Morgan fingerprint density at radius 1 is 1.25 bits per heavy atom. The number of likely N-dealkylation sites (tertiary alicyclic amines) is 1. The highest BCUT2D eigenvalue weighted by Gasteiger charge is 2.33. The zero-order valence-electron chi connectivity index (χ0n) is 17.3. The fourth-order valence-corrected chi connectivity index (χ4v) is 4.46. The van der Waals surface area contributed by atoms with Crippen LogP contribution in [0.3, 0.4) is 0 Å². The molecule has 1 aromatic rings. The fraction of sp³-hybridized carbons (Fsp3) is 0.682. The highest BCUT2D eigenvalue weighted by atomic mass is 19.1. The predicted octanol–water partition coefficient (Wildman–Crippen LogP) is 3.17. The number of benzene rings is 1. The van der Waals surface area contributed by atoms with Crippen molar-refractivity contribution in [2.24, 2.45) is 0 Å². The van der Waals surface area contributed by atoms with Gasteiger partial charge in [0.2, 0.25) is 0 Å². The molecule has 1 aromatic carbocycles. The number of hydrogen-bond donors (Lipinski definition) is 1. The van der Waals surface area contributed by atoms with E-state index >= 15 is 0 Å². The molecule has 3 aliphatic rings. The van der Waals surface area contributed by atoms with E-state index < -0.39 is 6.17 Å². The number of carbonyl (C=O) groups is 1. The molecule has 0 unspecified atom stereocenters. The minimum atomic E-state index is -0.880. The van der Waals surface area contributed by atoms with Crippen molar-refractivity contribution in [3.63, 3.8) is 0 Å². The predicted molar refractivity (Wildman–Crippen MR) is 107 cm³/mol. The summed E-state index contributed by atoms with van der Waals surface area (Å²) in [5.41, 5.74) is 5.23. The maximum Gasteiger partial charge on any atom is 0.320 e. The van der Waals surface area contributed by atoms with Gasteiger partial charge >= 0.3 is 6.03 Å². The molecule has 4 rings (SSSR count). The van der Waals surface area contributed by atoms with Crippen molar-refractivity contribution >= 4 is 6.03 Å². The SMILES string of the molecule is CC(C)(C)c1cc2c(c([C@@H]3COCCN3)c1)CN(C(=O)N1CC[C@H](F)C1)CC2. The van der Waals surface area contributed by atoms with Crippen LogP contribution < -0.4 is 5.32 Å². The van der Waals surface area contributed by atoms with Crippen molar-refractivity contribution in [2.75, 3.05) is 39.4 Å². The Morgan fingerprint density at radius 3 is 2.71 bits per heavy atom. The molecule has 0 radical (unpaired) electrons. The first kappa shape index (κ1) is 19.6. The monoisotopic (exact) mass is 389 g/mol. The number of rotatable bonds is 1. The molecule has 0 spiro atoms. The highest BCUT2D eigenvalue weighted by molar-refractivity contribution is 5.75. The quantitative estimate of drug-likeness (QED) is 0.802. The van der Waals surface area contributed by atoms with Crippen LogP contribution in [0.1, 0.15) is 55.5 Å². The van der Waals surface area contributed by atoms with Gasteiger partial charge in [-0.25, -0.2) is 9.18 Å². The molecule has 2 amide bonds. The molecule has 0 saturated carbocycles. The van der Waals surface area contributed by atoms with Crippen LogP contribution in [0.5, 0.6) is 0 Å². The van der Waals surface area contributed by atoms with Gasteiger partial charge in [-0.1, -0.05) is 32.9 Å². The average Bonchev–Trinajstić information content (AvgIpc) is 3.12. The molecule has 6 heteroatoms. The van der Waals surface area contributed by atoms with E-state index in [2.05, 4.69) is 38.2 Å². The van der Waals surface area contributed by atoms with Gasteiger partial charge in [-0.05, 0) is 40.5 Å². The van der Waals surface area contributed by atoms with Gasteiger partial charge in [-0.15, -0.1) is 0 Å². The first-order valence-corrected chi connectivity index (χ1v) is 10.5. The summed E-state index contributed by atoms with van der Waals surface area (Å²) in [4.78, 5) is 16.5. The van der Waals surface area contributed by atoms with E-state index in [9.17, 15) is 9.18 Å². The molecule has 0 aliphatic carbocycles. The molecule has 3 aliphatic heterocycles. The van der Waals surface area contributed by atoms with Crippen LogP contribution in [-0.4, -0.2) is 61.4 Å². The summed E-state index contributed by atoms with van der Waals surface area (Å²) in [6.07, 6.45) is 0.424. The van der Waals surface area contributed by atoms with Crippen LogP contribution in [0, 0.1) is 0 Å². The topological polar surface area (TPSA) is 44.8 Å². The molecule has 0 aromatic heterocycles. The number of amides is 2. The molecule has 5 nitrogen and oxygen atoms in total. The second kappa shape index (κ2) is 7.64. The van der Waals surface area contributed by atoms with Gasteiger partial charge in [0.05, 0.1) is 25.8 Å². The molecule has 3 heterocycles. The van der Waals surface area contributed by atoms with Crippen LogP contribution in [0.2, 0.25) is 0 Å². The van der Waals surface area contributed by atoms with Gasteiger partial charge in [0, 0.05) is 26.2 Å². The number of ether oxygens (including phenoxy) is 1. The number of nitrogens with one attached hydrogen (secondary N) is 1. The fourth-order valence-electron chi connectivity index (χ4n) is 4.46. The van der Waals surface area contributed by atoms with Crippen LogP contribution in [0.25, 0.3) is 0 Å². The summed E-state index contributed by atoms with van der Waals surface area (Å²) in [5.74, 6) is 0. The van der Waals surface area contributed by atoms with E-state index in [1.54, 1.807) is 4.90 Å². The van der Waals surface area contributed by atoms with E-state index in [-0.39, 0.29) is 24.0 Å². The van der Waals surface area contributed by atoms with Gasteiger partial charge in [-0.3, -0.25) is 0 Å². The zero-order chi connectivity index (χ0) is 19.9. The third-order valence-electron chi connectivity index (χ3n) is 6.21. The molecule has 2 saturated heterocycles. The third-order valence-corrected chi connectivity index (χ3v) is 6.21. The maximum absolute atomic E-state index is 13.6. The number of halogens is 1. The van der Waals surface area contributed by atoms with Crippen molar-refractivity contribution in [3.05, 3.63) is 34.4 Å². The Kier molecular flexibility index (Phi) is 5.36. The van der Waals surface area contributed by atoms with Crippen molar-refractivity contribution in [1.29, 1.82) is 0 Å². The highest BCUT2D eigenvalue weighted by Crippen LogP contribution is 2.34. The van der Waals surface area contributed by atoms with Gasteiger partial charge < -0.3 is 19.9 Å². The molecular formula is C22H32FN3O2. The van der Waals surface area contributed by atoms with Crippen LogP contribution >= 0.6 is 0 Å². The Balaban J connectivity index is 1.64. The van der Waals surface area contributed by atoms with E-state index in [1.165, 1.54) is 22.3 Å². The Bertz CT molecular complexity index is 740. The lowest BCUT2D eigenvalue weighted by Crippen LogP contribution is -2.45. The molecular weight excluding hydrogens is 357 g/mol. The van der Waals surface area contributed by atoms with Gasteiger partial charge in [0.15, 0.2) is 0 Å². The van der Waals surface area contributed by atoms with Crippen LogP contribution in [0.15, 0.2) is 12.1 Å². The van der Waals surface area contributed by atoms with E-state index in [4.69, 9.17) is 4.74 Å². The van der Waals surface area contributed by atoms with Crippen molar-refractivity contribution in [1.82, 2.24) is 15.1 Å². The maximum atomic E-state index is 13.6. The lowest BCUT2D eigenvalue weighted by Gasteiger charge is -2.36. The molecule has 2 atom stereocenters. The van der Waals surface area contributed by atoms with Gasteiger partial charge in [0.25, 0.3) is 0 Å². The minimum absolute atomic E-state index is 0.0236. The number of alkyl halides is 1. The first-order valence-electron chi connectivity index (χ1n) is 10.5. The Hall–Kier alpha value is -1.66. The Labute approximate surface area is 167 Å². The number of morpholine rings is 1. The van der Waals surface area contributed by atoms with Crippen LogP contribution in [0.4, 0.5) is 9.18 Å². The van der Waals surface area contributed by atoms with Crippen LogP contribution in [-0.2, 0) is 23.1 Å². The molecule has 0 bridgehead atoms. The summed E-state index contributed by atoms with van der Waals surface area (Å²) < 4.78 is 19.3. The summed E-state index contributed by atoms with van der Waals surface area (Å²) in [7, 11) is 0. The molecule has 154 valence electrons. The number of hydrogen-bond acceptors (Lipinski definition) is 3. The summed E-state index contributed by atoms with van der Waals surface area (Å²) in [5, 5.41) is 3.58. The van der Waals surface area contributed by atoms with Gasteiger partial charge in [0.1, 0.15) is 6.17 Å². The smallest absolute Gasteiger partial charge is 0.320 e. The number of nitrogens with zero attached hydrogens (tertiary/aromatic N) is 2. The lowest BCUT2D eigenvalue weighted by molar-refractivity contribution is 0.0761. The van der Waals surface area contributed by atoms with E-state index in [0.717, 1.165) is 19.6 Å². The first-order chi connectivity index (χ1) is 13.3. The third kappa shape index (κ3) is 3.90. The summed E-state index contributed by atoms with van der Waals surface area (Å²) in [6.45, 7) is 11.0. The molecule has 1 N–H and O–H groups in total. The minimum Gasteiger partial charge on any atom is -0.378 e. The lowest BCUT2D eigenvalue weighted by atomic mass is 9.80.